The highest BCUT2D eigenvalue weighted by molar-refractivity contribution is 5.89. The van der Waals surface area contributed by atoms with Crippen LogP contribution < -0.4 is 5.69 Å². The van der Waals surface area contributed by atoms with Crippen molar-refractivity contribution in [3.8, 4) is 11.5 Å². The molecule has 4 bridgehead atoms. The molecule has 4 saturated carbocycles. The van der Waals surface area contributed by atoms with Crippen molar-refractivity contribution in [1.29, 1.82) is 0 Å². The second-order valence-corrected chi connectivity index (χ2v) is 8.43. The van der Waals surface area contributed by atoms with E-state index < -0.39 is 0 Å². The molecule has 6 nitrogen and oxygen atoms in total. The summed E-state index contributed by atoms with van der Waals surface area (Å²) in [7, 11) is 0. The fourth-order valence-corrected chi connectivity index (χ4v) is 6.17. The Bertz CT molecular complexity index is 992. The maximum atomic E-state index is 11.6. The second kappa shape index (κ2) is 4.62. The highest BCUT2D eigenvalue weighted by Crippen LogP contribution is 2.60. The molecule has 4 aliphatic rings. The first kappa shape index (κ1) is 13.9. The van der Waals surface area contributed by atoms with E-state index in [4.69, 9.17) is 9.51 Å². The van der Waals surface area contributed by atoms with Crippen LogP contribution in [-0.4, -0.2) is 20.1 Å². The first-order chi connectivity index (χ1) is 12.2. The van der Waals surface area contributed by atoms with Gasteiger partial charge >= 0.3 is 5.69 Å². The van der Waals surface area contributed by atoms with Gasteiger partial charge in [-0.15, -0.1) is 0 Å². The Balaban J connectivity index is 1.44. The molecule has 25 heavy (non-hydrogen) atoms. The monoisotopic (exact) mass is 336 g/mol. The summed E-state index contributed by atoms with van der Waals surface area (Å²) in [4.78, 5) is 22.1. The number of nitrogens with zero attached hydrogens (tertiary/aromatic N) is 2. The standard InChI is InChI=1S/C19H20N4O2/c24-18-20-14-3-1-2-13(15(14)21-18)16-22-17(23-25-16)19-7-10-4-11(8-19)6-12(5-10)9-19/h1-3,10-12H,4-9H2,(H2,20,21,24). The van der Waals surface area contributed by atoms with E-state index in [1.54, 1.807) is 0 Å². The molecule has 1 aromatic carbocycles. The molecule has 0 saturated heterocycles. The zero-order chi connectivity index (χ0) is 16.6. The quantitative estimate of drug-likeness (QED) is 0.751. The van der Waals surface area contributed by atoms with Crippen LogP contribution in [0.2, 0.25) is 0 Å². The van der Waals surface area contributed by atoms with Crippen LogP contribution >= 0.6 is 0 Å². The number of rotatable bonds is 2. The van der Waals surface area contributed by atoms with E-state index in [0.29, 0.717) is 5.89 Å². The van der Waals surface area contributed by atoms with Crippen LogP contribution in [0.15, 0.2) is 27.5 Å². The number of hydrogen-bond donors (Lipinski definition) is 2. The molecule has 4 fully saturated rings. The van der Waals surface area contributed by atoms with Crippen LogP contribution in [0.25, 0.3) is 22.5 Å². The third kappa shape index (κ3) is 1.94. The van der Waals surface area contributed by atoms with Gasteiger partial charge in [-0.05, 0) is 68.4 Å². The summed E-state index contributed by atoms with van der Waals surface area (Å²) in [6.07, 6.45) is 7.82. The number of hydrogen-bond acceptors (Lipinski definition) is 4. The predicted molar refractivity (Wildman–Crippen MR) is 92.1 cm³/mol. The minimum Gasteiger partial charge on any atom is -0.334 e. The van der Waals surface area contributed by atoms with E-state index in [9.17, 15) is 4.79 Å². The van der Waals surface area contributed by atoms with Crippen molar-refractivity contribution in [2.75, 3.05) is 0 Å². The van der Waals surface area contributed by atoms with Crippen molar-refractivity contribution in [3.05, 3.63) is 34.5 Å². The van der Waals surface area contributed by atoms with Crippen LogP contribution in [0, 0.1) is 17.8 Å². The average molecular weight is 336 g/mol. The van der Waals surface area contributed by atoms with E-state index in [1.165, 1.54) is 38.5 Å². The number of nitrogens with one attached hydrogen (secondary N) is 2. The summed E-state index contributed by atoms with van der Waals surface area (Å²) < 4.78 is 5.66. The first-order valence-electron chi connectivity index (χ1n) is 9.24. The maximum Gasteiger partial charge on any atom is 0.323 e. The van der Waals surface area contributed by atoms with Crippen LogP contribution in [-0.2, 0) is 5.41 Å². The summed E-state index contributed by atoms with van der Waals surface area (Å²) in [5, 5.41) is 4.41. The van der Waals surface area contributed by atoms with Crippen LogP contribution in [0.4, 0.5) is 0 Å². The number of H-pyrrole nitrogens is 2. The third-order valence-electron chi connectivity index (χ3n) is 6.72. The summed E-state index contributed by atoms with van der Waals surface area (Å²) in [5.74, 6) is 3.93. The Labute approximate surface area is 144 Å². The molecule has 7 rings (SSSR count). The second-order valence-electron chi connectivity index (χ2n) is 8.43. The molecule has 0 spiro atoms. The lowest BCUT2D eigenvalue weighted by Crippen LogP contribution is -2.49. The van der Waals surface area contributed by atoms with Crippen molar-refractivity contribution >= 4 is 11.0 Å². The van der Waals surface area contributed by atoms with Gasteiger partial charge in [0, 0.05) is 5.41 Å². The molecule has 0 aliphatic heterocycles. The van der Waals surface area contributed by atoms with Gasteiger partial charge in [0.15, 0.2) is 5.82 Å². The highest BCUT2D eigenvalue weighted by atomic mass is 16.5. The lowest BCUT2D eigenvalue weighted by atomic mass is 9.49. The van der Waals surface area contributed by atoms with E-state index >= 15 is 0 Å². The Morgan fingerprint density at radius 1 is 1.04 bits per heavy atom. The molecule has 0 atom stereocenters. The number of fused-ring (bicyclic) bond motifs is 1. The van der Waals surface area contributed by atoms with Crippen molar-refractivity contribution in [2.45, 2.75) is 43.9 Å². The summed E-state index contributed by atoms with van der Waals surface area (Å²) in [6, 6.07) is 5.69. The highest BCUT2D eigenvalue weighted by Gasteiger charge is 2.53. The largest absolute Gasteiger partial charge is 0.334 e. The number of aromatic amines is 2. The molecule has 3 aromatic rings. The number of aromatic nitrogens is 4. The molecule has 2 N–H and O–H groups in total. The SMILES string of the molecule is O=c1[nH]c2cccc(-c3nc(C45CC6CC(CC(C6)C4)C5)no3)c2[nH]1. The summed E-state index contributed by atoms with van der Waals surface area (Å²) in [6.45, 7) is 0. The van der Waals surface area contributed by atoms with Crippen molar-refractivity contribution in [3.63, 3.8) is 0 Å². The Morgan fingerprint density at radius 2 is 1.76 bits per heavy atom. The minimum absolute atomic E-state index is 0.121. The van der Waals surface area contributed by atoms with Gasteiger partial charge in [0.2, 0.25) is 0 Å². The molecule has 6 heteroatoms. The number of imidazole rings is 1. The maximum absolute atomic E-state index is 11.6. The molecular weight excluding hydrogens is 316 g/mol. The molecule has 0 radical (unpaired) electrons. The Kier molecular flexibility index (Phi) is 2.56. The van der Waals surface area contributed by atoms with Crippen molar-refractivity contribution in [1.82, 2.24) is 20.1 Å². The average Bonchev–Trinajstić information content (AvgIpc) is 3.19. The molecular formula is C19H20N4O2. The van der Waals surface area contributed by atoms with Crippen molar-refractivity contribution < 1.29 is 4.52 Å². The molecule has 2 aromatic heterocycles. The smallest absolute Gasteiger partial charge is 0.323 e. The molecule has 128 valence electrons. The molecule has 4 aliphatic carbocycles. The molecule has 0 amide bonds. The van der Waals surface area contributed by atoms with Crippen LogP contribution in [0.1, 0.15) is 44.3 Å². The third-order valence-corrected chi connectivity index (χ3v) is 6.72. The van der Waals surface area contributed by atoms with Gasteiger partial charge in [0.1, 0.15) is 0 Å². The summed E-state index contributed by atoms with van der Waals surface area (Å²) >= 11 is 0. The zero-order valence-electron chi connectivity index (χ0n) is 13.9. The Morgan fingerprint density at radius 3 is 2.48 bits per heavy atom. The van der Waals surface area contributed by atoms with E-state index in [0.717, 1.165) is 40.2 Å². The van der Waals surface area contributed by atoms with E-state index in [1.807, 2.05) is 18.2 Å². The van der Waals surface area contributed by atoms with Gasteiger partial charge in [-0.2, -0.15) is 4.98 Å². The van der Waals surface area contributed by atoms with Gasteiger partial charge in [0.05, 0.1) is 16.6 Å². The lowest BCUT2D eigenvalue weighted by molar-refractivity contribution is -0.0103. The van der Waals surface area contributed by atoms with Gasteiger partial charge in [-0.25, -0.2) is 4.79 Å². The van der Waals surface area contributed by atoms with Crippen LogP contribution in [0.5, 0.6) is 0 Å². The lowest BCUT2D eigenvalue weighted by Gasteiger charge is -2.55. The number of para-hydroxylation sites is 1. The topological polar surface area (TPSA) is 87.6 Å². The van der Waals surface area contributed by atoms with Gasteiger partial charge < -0.3 is 14.5 Å². The Hall–Kier alpha value is -2.37. The van der Waals surface area contributed by atoms with Crippen LogP contribution in [0.3, 0.4) is 0 Å². The predicted octanol–water partition coefficient (Wildman–Crippen LogP) is 3.37. The fourth-order valence-electron chi connectivity index (χ4n) is 6.17. The van der Waals surface area contributed by atoms with Gasteiger partial charge in [-0.1, -0.05) is 11.2 Å². The fraction of sp³-hybridized carbons (Fsp3) is 0.526. The van der Waals surface area contributed by atoms with E-state index in [2.05, 4.69) is 15.1 Å². The molecule has 0 unspecified atom stereocenters. The minimum atomic E-state index is -0.219. The summed E-state index contributed by atoms with van der Waals surface area (Å²) in [5.41, 5.74) is 2.18. The molecule has 2 heterocycles. The zero-order valence-corrected chi connectivity index (χ0v) is 13.9. The normalized spacial score (nSPS) is 33.4. The van der Waals surface area contributed by atoms with Crippen molar-refractivity contribution in [2.24, 2.45) is 17.8 Å². The number of benzene rings is 1. The van der Waals surface area contributed by atoms with Gasteiger partial charge in [0.25, 0.3) is 5.89 Å². The van der Waals surface area contributed by atoms with Gasteiger partial charge in [-0.3, -0.25) is 0 Å². The first-order valence-corrected chi connectivity index (χ1v) is 9.24. The van der Waals surface area contributed by atoms with E-state index in [-0.39, 0.29) is 11.1 Å².